The second-order valence-corrected chi connectivity index (χ2v) is 4.53. The third-order valence-corrected chi connectivity index (χ3v) is 3.45. The number of hydrogen-bond donors (Lipinski definition) is 1. The van der Waals surface area contributed by atoms with Crippen molar-refractivity contribution in [2.75, 3.05) is 6.54 Å². The van der Waals surface area contributed by atoms with Crippen LogP contribution in [0.15, 0.2) is 18.3 Å². The average Bonchev–Trinajstić information content (AvgIpc) is 2.76. The molecule has 0 aliphatic carbocycles. The molecule has 0 spiro atoms. The standard InChI is InChI=1S/C13H21N3/c1-2-13-4-3-7-16(13)10-11-5-6-15-12(8-11)9-14/h5-6,8,13H,2-4,7,9-10,14H2,1H3. The zero-order chi connectivity index (χ0) is 11.4. The Balaban J connectivity index is 2.02. The van der Waals surface area contributed by atoms with E-state index in [0.717, 1.165) is 18.3 Å². The van der Waals surface area contributed by atoms with E-state index in [4.69, 9.17) is 5.73 Å². The smallest absolute Gasteiger partial charge is 0.0542 e. The van der Waals surface area contributed by atoms with Gasteiger partial charge in [-0.05, 0) is 43.5 Å². The van der Waals surface area contributed by atoms with Crippen molar-refractivity contribution in [3.05, 3.63) is 29.6 Å². The maximum absolute atomic E-state index is 5.60. The lowest BCUT2D eigenvalue weighted by Gasteiger charge is -2.23. The van der Waals surface area contributed by atoms with Crippen LogP contribution in [0.1, 0.15) is 37.4 Å². The minimum atomic E-state index is 0.533. The third-order valence-electron chi connectivity index (χ3n) is 3.45. The van der Waals surface area contributed by atoms with Gasteiger partial charge in [0.2, 0.25) is 0 Å². The molecule has 2 rings (SSSR count). The van der Waals surface area contributed by atoms with E-state index < -0.39 is 0 Å². The Morgan fingerprint density at radius 1 is 1.56 bits per heavy atom. The molecule has 1 unspecified atom stereocenters. The van der Waals surface area contributed by atoms with Gasteiger partial charge in [-0.2, -0.15) is 0 Å². The maximum Gasteiger partial charge on any atom is 0.0542 e. The van der Waals surface area contributed by atoms with Crippen LogP contribution in [0.3, 0.4) is 0 Å². The van der Waals surface area contributed by atoms with Crippen LogP contribution in [-0.2, 0) is 13.1 Å². The average molecular weight is 219 g/mol. The molecule has 2 heterocycles. The van der Waals surface area contributed by atoms with Crippen LogP contribution in [0, 0.1) is 0 Å². The monoisotopic (exact) mass is 219 g/mol. The number of likely N-dealkylation sites (tertiary alicyclic amines) is 1. The van der Waals surface area contributed by atoms with Gasteiger partial charge in [-0.1, -0.05) is 6.92 Å². The van der Waals surface area contributed by atoms with Crippen LogP contribution in [0.2, 0.25) is 0 Å². The first-order chi connectivity index (χ1) is 7.83. The van der Waals surface area contributed by atoms with E-state index in [1.165, 1.54) is 31.4 Å². The van der Waals surface area contributed by atoms with Crippen LogP contribution >= 0.6 is 0 Å². The molecular formula is C13H21N3. The zero-order valence-corrected chi connectivity index (χ0v) is 10.0. The Bertz CT molecular complexity index is 338. The van der Waals surface area contributed by atoms with Gasteiger partial charge in [0.05, 0.1) is 5.69 Å². The van der Waals surface area contributed by atoms with E-state index in [-0.39, 0.29) is 0 Å². The van der Waals surface area contributed by atoms with Crippen molar-refractivity contribution in [3.8, 4) is 0 Å². The number of rotatable bonds is 4. The molecule has 1 saturated heterocycles. The zero-order valence-electron chi connectivity index (χ0n) is 10.0. The van der Waals surface area contributed by atoms with Gasteiger partial charge in [0.25, 0.3) is 0 Å². The Morgan fingerprint density at radius 3 is 3.19 bits per heavy atom. The van der Waals surface area contributed by atoms with E-state index in [1.54, 1.807) is 0 Å². The molecule has 1 aromatic rings. The molecule has 2 N–H and O–H groups in total. The van der Waals surface area contributed by atoms with Crippen LogP contribution < -0.4 is 5.73 Å². The van der Waals surface area contributed by atoms with Gasteiger partial charge in [-0.15, -0.1) is 0 Å². The van der Waals surface area contributed by atoms with Crippen LogP contribution in [-0.4, -0.2) is 22.5 Å². The molecule has 0 saturated carbocycles. The molecule has 3 heteroatoms. The molecule has 0 amide bonds. The predicted molar refractivity (Wildman–Crippen MR) is 65.9 cm³/mol. The van der Waals surface area contributed by atoms with E-state index in [1.807, 2.05) is 6.20 Å². The number of aromatic nitrogens is 1. The quantitative estimate of drug-likeness (QED) is 0.841. The van der Waals surface area contributed by atoms with E-state index in [2.05, 4.69) is 28.9 Å². The summed E-state index contributed by atoms with van der Waals surface area (Å²) in [6.45, 7) is 5.10. The summed E-state index contributed by atoms with van der Waals surface area (Å²) in [5, 5.41) is 0. The van der Waals surface area contributed by atoms with E-state index in [0.29, 0.717) is 6.54 Å². The van der Waals surface area contributed by atoms with Crippen molar-refractivity contribution in [2.45, 2.75) is 45.3 Å². The molecule has 1 atom stereocenters. The summed E-state index contributed by atoms with van der Waals surface area (Å²) >= 11 is 0. The molecule has 0 aromatic carbocycles. The summed E-state index contributed by atoms with van der Waals surface area (Å²) in [5.41, 5.74) is 7.94. The van der Waals surface area contributed by atoms with Gasteiger partial charge >= 0.3 is 0 Å². The van der Waals surface area contributed by atoms with Gasteiger partial charge in [-0.3, -0.25) is 9.88 Å². The number of hydrogen-bond acceptors (Lipinski definition) is 3. The summed E-state index contributed by atoms with van der Waals surface area (Å²) in [6, 6.07) is 5.00. The van der Waals surface area contributed by atoms with Crippen LogP contribution in [0.5, 0.6) is 0 Å². The van der Waals surface area contributed by atoms with Gasteiger partial charge in [-0.25, -0.2) is 0 Å². The molecule has 1 aromatic heterocycles. The lowest BCUT2D eigenvalue weighted by Crippen LogP contribution is -2.28. The Hall–Kier alpha value is -0.930. The highest BCUT2D eigenvalue weighted by atomic mass is 15.2. The van der Waals surface area contributed by atoms with Crippen molar-refractivity contribution in [1.82, 2.24) is 9.88 Å². The SMILES string of the molecule is CCC1CCCN1Cc1ccnc(CN)c1. The first kappa shape index (κ1) is 11.6. The highest BCUT2D eigenvalue weighted by Gasteiger charge is 2.22. The maximum atomic E-state index is 5.60. The lowest BCUT2D eigenvalue weighted by atomic mass is 10.1. The Labute approximate surface area is 97.7 Å². The van der Waals surface area contributed by atoms with Crippen molar-refractivity contribution in [3.63, 3.8) is 0 Å². The van der Waals surface area contributed by atoms with Gasteiger partial charge in [0.15, 0.2) is 0 Å². The van der Waals surface area contributed by atoms with Gasteiger partial charge in [0.1, 0.15) is 0 Å². The van der Waals surface area contributed by atoms with Gasteiger partial charge < -0.3 is 5.73 Å². The fourth-order valence-electron chi connectivity index (χ4n) is 2.54. The molecule has 1 fully saturated rings. The molecule has 1 aliphatic heterocycles. The molecular weight excluding hydrogens is 198 g/mol. The number of nitrogens with two attached hydrogens (primary N) is 1. The minimum absolute atomic E-state index is 0.533. The molecule has 1 aliphatic rings. The van der Waals surface area contributed by atoms with Crippen molar-refractivity contribution >= 4 is 0 Å². The fraction of sp³-hybridized carbons (Fsp3) is 0.615. The summed E-state index contributed by atoms with van der Waals surface area (Å²) in [4.78, 5) is 6.81. The Morgan fingerprint density at radius 2 is 2.44 bits per heavy atom. The van der Waals surface area contributed by atoms with Crippen LogP contribution in [0.4, 0.5) is 0 Å². The van der Waals surface area contributed by atoms with Gasteiger partial charge in [0, 0.05) is 25.3 Å². The second-order valence-electron chi connectivity index (χ2n) is 4.53. The summed E-state index contributed by atoms with van der Waals surface area (Å²) in [6.07, 6.45) is 5.82. The second kappa shape index (κ2) is 5.41. The highest BCUT2D eigenvalue weighted by molar-refractivity contribution is 5.16. The largest absolute Gasteiger partial charge is 0.325 e. The van der Waals surface area contributed by atoms with E-state index >= 15 is 0 Å². The normalized spacial score (nSPS) is 21.5. The van der Waals surface area contributed by atoms with Crippen molar-refractivity contribution in [2.24, 2.45) is 5.73 Å². The molecule has 16 heavy (non-hydrogen) atoms. The summed E-state index contributed by atoms with van der Waals surface area (Å²) in [5.74, 6) is 0. The fourth-order valence-corrected chi connectivity index (χ4v) is 2.54. The summed E-state index contributed by atoms with van der Waals surface area (Å²) < 4.78 is 0. The topological polar surface area (TPSA) is 42.2 Å². The summed E-state index contributed by atoms with van der Waals surface area (Å²) in [7, 11) is 0. The van der Waals surface area contributed by atoms with E-state index in [9.17, 15) is 0 Å². The van der Waals surface area contributed by atoms with Crippen LogP contribution in [0.25, 0.3) is 0 Å². The highest BCUT2D eigenvalue weighted by Crippen LogP contribution is 2.22. The minimum Gasteiger partial charge on any atom is -0.325 e. The molecule has 0 radical (unpaired) electrons. The van der Waals surface area contributed by atoms with Crippen molar-refractivity contribution in [1.29, 1.82) is 0 Å². The van der Waals surface area contributed by atoms with Crippen molar-refractivity contribution < 1.29 is 0 Å². The molecule has 88 valence electrons. The predicted octanol–water partition coefficient (Wildman–Crippen LogP) is 1.91. The lowest BCUT2D eigenvalue weighted by molar-refractivity contribution is 0.240. The third kappa shape index (κ3) is 2.60. The number of nitrogens with zero attached hydrogens (tertiary/aromatic N) is 2. The first-order valence-electron chi connectivity index (χ1n) is 6.21. The molecule has 0 bridgehead atoms. The molecule has 3 nitrogen and oxygen atoms in total. The number of pyridine rings is 1. The Kier molecular flexibility index (Phi) is 3.91. The first-order valence-corrected chi connectivity index (χ1v) is 6.21.